The Hall–Kier alpha value is -3.18. The lowest BCUT2D eigenvalue weighted by molar-refractivity contribution is -0.134. The number of ketones is 1. The summed E-state index contributed by atoms with van der Waals surface area (Å²) in [5.41, 5.74) is 3.89. The molecule has 0 fully saturated rings. The summed E-state index contributed by atoms with van der Waals surface area (Å²) in [6, 6.07) is 22.6. The lowest BCUT2D eigenvalue weighted by Gasteiger charge is -2.09. The summed E-state index contributed by atoms with van der Waals surface area (Å²) in [7, 11) is 0. The number of fused-ring (bicyclic) bond motifs is 1. The van der Waals surface area contributed by atoms with Crippen molar-refractivity contribution < 1.29 is 14.3 Å². The number of hydrogen-bond acceptors (Lipinski definition) is 3. The first kappa shape index (κ1) is 20.1. The second kappa shape index (κ2) is 8.28. The Morgan fingerprint density at radius 3 is 2.33 bits per heavy atom. The molecule has 0 aliphatic heterocycles. The zero-order valence-electron chi connectivity index (χ0n) is 16.7. The van der Waals surface area contributed by atoms with Crippen LogP contribution in [0.3, 0.4) is 0 Å². The number of benzene rings is 3. The van der Waals surface area contributed by atoms with Gasteiger partial charge in [-0.15, -0.1) is 0 Å². The number of aromatic nitrogens is 1. The molecule has 0 saturated heterocycles. The predicted molar refractivity (Wildman–Crippen MR) is 122 cm³/mol. The number of esters is 1. The van der Waals surface area contributed by atoms with E-state index in [1.165, 1.54) is 0 Å². The maximum absolute atomic E-state index is 13.4. The molecule has 0 unspecified atom stereocenters. The van der Waals surface area contributed by atoms with E-state index in [2.05, 4.69) is 20.5 Å². The van der Waals surface area contributed by atoms with Crippen molar-refractivity contribution in [1.82, 2.24) is 4.57 Å². The molecule has 4 nitrogen and oxygen atoms in total. The summed E-state index contributed by atoms with van der Waals surface area (Å²) in [4.78, 5) is 25.2. The van der Waals surface area contributed by atoms with Crippen molar-refractivity contribution in [1.29, 1.82) is 0 Å². The van der Waals surface area contributed by atoms with E-state index < -0.39 is 0 Å². The van der Waals surface area contributed by atoms with Crippen molar-refractivity contribution in [2.24, 2.45) is 0 Å². The van der Waals surface area contributed by atoms with Gasteiger partial charge < -0.3 is 9.30 Å². The fourth-order valence-corrected chi connectivity index (χ4v) is 3.87. The van der Waals surface area contributed by atoms with Crippen LogP contribution >= 0.6 is 15.9 Å². The van der Waals surface area contributed by atoms with Crippen LogP contribution in [0.1, 0.15) is 35.0 Å². The Kier molecular flexibility index (Phi) is 5.55. The zero-order chi connectivity index (χ0) is 21.3. The molecule has 4 rings (SSSR count). The van der Waals surface area contributed by atoms with Gasteiger partial charge in [0, 0.05) is 33.2 Å². The van der Waals surface area contributed by atoms with E-state index in [-0.39, 0.29) is 18.2 Å². The van der Waals surface area contributed by atoms with E-state index in [1.54, 1.807) is 19.1 Å². The number of ether oxygens (including phenoxy) is 1. The number of hydrogen-bond donors (Lipinski definition) is 0. The van der Waals surface area contributed by atoms with Gasteiger partial charge in [-0.05, 0) is 49.4 Å². The summed E-state index contributed by atoms with van der Waals surface area (Å²) in [6.07, 6.45) is 0.284. The maximum Gasteiger partial charge on any atom is 0.310 e. The Bertz CT molecular complexity index is 1240. The maximum atomic E-state index is 13.4. The van der Waals surface area contributed by atoms with E-state index in [9.17, 15) is 9.59 Å². The molecule has 150 valence electrons. The molecular weight excluding hydrogens is 442 g/mol. The molecule has 0 aliphatic carbocycles. The van der Waals surface area contributed by atoms with Crippen LogP contribution < -0.4 is 4.74 Å². The highest BCUT2D eigenvalue weighted by molar-refractivity contribution is 9.10. The lowest BCUT2D eigenvalue weighted by atomic mass is 10.0. The molecule has 3 aromatic carbocycles. The Morgan fingerprint density at radius 2 is 1.67 bits per heavy atom. The molecule has 0 saturated carbocycles. The van der Waals surface area contributed by atoms with Gasteiger partial charge in [0.05, 0.1) is 11.1 Å². The molecule has 1 heterocycles. The number of carbonyl (C=O) groups excluding carboxylic acids is 2. The smallest absolute Gasteiger partial charge is 0.310 e. The molecular formula is C25H20BrNO3. The van der Waals surface area contributed by atoms with Crippen LogP contribution in [0.25, 0.3) is 16.6 Å². The van der Waals surface area contributed by atoms with E-state index >= 15 is 0 Å². The summed E-state index contributed by atoms with van der Waals surface area (Å²) >= 11 is 3.47. The molecule has 30 heavy (non-hydrogen) atoms. The van der Waals surface area contributed by atoms with Crippen molar-refractivity contribution in [3.63, 3.8) is 0 Å². The lowest BCUT2D eigenvalue weighted by Crippen LogP contribution is -2.05. The highest BCUT2D eigenvalue weighted by Gasteiger charge is 2.22. The average molecular weight is 462 g/mol. The van der Waals surface area contributed by atoms with Crippen molar-refractivity contribution in [3.05, 3.63) is 94.1 Å². The van der Waals surface area contributed by atoms with Crippen LogP contribution in [0.2, 0.25) is 0 Å². The molecule has 5 heteroatoms. The fraction of sp³-hybridized carbons (Fsp3) is 0.120. The SMILES string of the molecule is CCC(=O)Oc1ccc2c(c1)c(C(=O)c1ccccc1)c(C)n2-c1ccc(Br)cc1. The Balaban J connectivity index is 1.96. The molecule has 0 spiro atoms. The second-order valence-corrected chi connectivity index (χ2v) is 7.89. The van der Waals surface area contributed by atoms with E-state index in [0.29, 0.717) is 16.9 Å². The highest BCUT2D eigenvalue weighted by atomic mass is 79.9. The topological polar surface area (TPSA) is 48.3 Å². The van der Waals surface area contributed by atoms with Gasteiger partial charge in [0.15, 0.2) is 5.78 Å². The molecule has 0 atom stereocenters. The first-order chi connectivity index (χ1) is 14.5. The minimum absolute atomic E-state index is 0.0621. The van der Waals surface area contributed by atoms with Gasteiger partial charge in [0.1, 0.15) is 5.75 Å². The molecule has 4 aromatic rings. The molecule has 0 bridgehead atoms. The van der Waals surface area contributed by atoms with Crippen molar-refractivity contribution in [3.8, 4) is 11.4 Å². The summed E-state index contributed by atoms with van der Waals surface area (Å²) in [5, 5.41) is 0.755. The van der Waals surface area contributed by atoms with Gasteiger partial charge >= 0.3 is 5.97 Å². The number of rotatable bonds is 5. The Morgan fingerprint density at radius 1 is 0.967 bits per heavy atom. The van der Waals surface area contributed by atoms with Crippen LogP contribution in [-0.2, 0) is 4.79 Å². The van der Waals surface area contributed by atoms with Gasteiger partial charge in [-0.1, -0.05) is 53.2 Å². The zero-order valence-corrected chi connectivity index (χ0v) is 18.3. The number of nitrogens with zero attached hydrogens (tertiary/aromatic N) is 1. The summed E-state index contributed by atoms with van der Waals surface area (Å²) in [6.45, 7) is 3.69. The number of halogens is 1. The third-order valence-electron chi connectivity index (χ3n) is 5.04. The standard InChI is InChI=1S/C25H20BrNO3/c1-3-23(28)30-20-13-14-22-21(15-20)24(25(29)17-7-5-4-6-8-17)16(2)27(22)19-11-9-18(26)10-12-19/h4-15H,3H2,1-2H3. The molecule has 0 N–H and O–H groups in total. The van der Waals surface area contributed by atoms with Gasteiger partial charge in [-0.3, -0.25) is 9.59 Å². The minimum Gasteiger partial charge on any atom is -0.427 e. The Labute approximate surface area is 183 Å². The number of carbonyl (C=O) groups is 2. The van der Waals surface area contributed by atoms with Crippen molar-refractivity contribution in [2.75, 3.05) is 0 Å². The minimum atomic E-state index is -0.311. The van der Waals surface area contributed by atoms with Gasteiger partial charge in [0.2, 0.25) is 0 Å². The van der Waals surface area contributed by atoms with Crippen LogP contribution in [0.4, 0.5) is 0 Å². The molecule has 0 aliphatic rings. The molecule has 0 radical (unpaired) electrons. The van der Waals surface area contributed by atoms with Crippen molar-refractivity contribution in [2.45, 2.75) is 20.3 Å². The third kappa shape index (κ3) is 3.68. The summed E-state index contributed by atoms with van der Waals surface area (Å²) in [5.74, 6) is 0.0618. The first-order valence-electron chi connectivity index (χ1n) is 9.71. The van der Waals surface area contributed by atoms with Crippen LogP contribution in [0.5, 0.6) is 5.75 Å². The highest BCUT2D eigenvalue weighted by Crippen LogP contribution is 2.34. The van der Waals surface area contributed by atoms with Crippen LogP contribution in [0, 0.1) is 6.92 Å². The first-order valence-corrected chi connectivity index (χ1v) is 10.5. The monoisotopic (exact) mass is 461 g/mol. The normalized spacial score (nSPS) is 10.9. The van der Waals surface area contributed by atoms with E-state index in [4.69, 9.17) is 4.74 Å². The van der Waals surface area contributed by atoms with E-state index in [0.717, 1.165) is 26.8 Å². The van der Waals surface area contributed by atoms with E-state index in [1.807, 2.05) is 67.6 Å². The predicted octanol–water partition coefficient (Wildman–Crippen LogP) is 6.25. The van der Waals surface area contributed by atoms with Crippen LogP contribution in [-0.4, -0.2) is 16.3 Å². The second-order valence-electron chi connectivity index (χ2n) is 6.97. The quantitative estimate of drug-likeness (QED) is 0.200. The molecule has 1 aromatic heterocycles. The van der Waals surface area contributed by atoms with Gasteiger partial charge in [-0.2, -0.15) is 0 Å². The third-order valence-corrected chi connectivity index (χ3v) is 5.57. The van der Waals surface area contributed by atoms with Gasteiger partial charge in [0.25, 0.3) is 0 Å². The largest absolute Gasteiger partial charge is 0.427 e. The van der Waals surface area contributed by atoms with Crippen LogP contribution in [0.15, 0.2) is 77.3 Å². The summed E-state index contributed by atoms with van der Waals surface area (Å²) < 4.78 is 8.46. The average Bonchev–Trinajstić information content (AvgIpc) is 3.05. The fourth-order valence-electron chi connectivity index (χ4n) is 3.61. The van der Waals surface area contributed by atoms with Gasteiger partial charge in [-0.25, -0.2) is 0 Å². The molecule has 0 amide bonds. The van der Waals surface area contributed by atoms with Crippen molar-refractivity contribution >= 4 is 38.6 Å².